The van der Waals surface area contributed by atoms with Crippen molar-refractivity contribution >= 4 is 46.0 Å². The Bertz CT molecular complexity index is 1360. The van der Waals surface area contributed by atoms with E-state index in [0.717, 1.165) is 26.9 Å². The summed E-state index contributed by atoms with van der Waals surface area (Å²) in [5, 5.41) is 6.03. The van der Waals surface area contributed by atoms with Crippen LogP contribution in [-0.4, -0.2) is 22.6 Å². The van der Waals surface area contributed by atoms with Gasteiger partial charge in [0.1, 0.15) is 0 Å². The number of carbonyl (C=O) groups excluding carboxylic acids is 1. The predicted octanol–water partition coefficient (Wildman–Crippen LogP) is 5.03. The summed E-state index contributed by atoms with van der Waals surface area (Å²) < 4.78 is 6.98. The normalized spacial score (nSPS) is 11.3. The van der Waals surface area contributed by atoms with Gasteiger partial charge in [-0.3, -0.25) is 0 Å². The number of rotatable bonds is 4. The minimum Gasteiger partial charge on any atom is -0.340 e. The minimum absolute atomic E-state index is 0.269. The van der Waals surface area contributed by atoms with Crippen molar-refractivity contribution in [3.8, 4) is 0 Å². The van der Waals surface area contributed by atoms with E-state index in [1.807, 2.05) is 78.9 Å². The molecule has 162 valence electrons. The third-order valence-electron chi connectivity index (χ3n) is 5.59. The number of para-hydroxylation sites is 2. The molecule has 0 saturated heterocycles. The van der Waals surface area contributed by atoms with Crippen LogP contribution in [0.5, 0.6) is 0 Å². The molecule has 1 amide bonds. The zero-order valence-electron chi connectivity index (χ0n) is 18.2. The Hall–Kier alpha value is -3.95. The molecule has 4 aromatic carbocycles. The zero-order chi connectivity index (χ0) is 22.7. The molecule has 0 saturated carbocycles. The molecule has 1 N–H and O–H groups in total. The van der Waals surface area contributed by atoms with E-state index in [1.165, 1.54) is 0 Å². The molecule has 0 unspecified atom stereocenters. The number of hydrogen-bond donors (Lipinski definition) is 1. The van der Waals surface area contributed by atoms with E-state index in [4.69, 9.17) is 9.73 Å². The third kappa shape index (κ3) is 3.67. The van der Waals surface area contributed by atoms with Crippen molar-refractivity contribution in [3.63, 3.8) is 0 Å². The monoisotopic (exact) mass is 450 g/mol. The lowest BCUT2D eigenvalue weighted by molar-refractivity contribution is 0.245. The number of nitrogens with one attached hydrogen (secondary N) is 1. The topological polar surface area (TPSA) is 59.3 Å². The van der Waals surface area contributed by atoms with Crippen LogP contribution in [0.3, 0.4) is 0 Å². The Labute approximate surface area is 192 Å². The number of fused-ring (bicyclic) bond motifs is 1. The summed E-state index contributed by atoms with van der Waals surface area (Å²) in [6.45, 7) is 0. The van der Waals surface area contributed by atoms with Crippen LogP contribution in [0.15, 0.2) is 120 Å². The maximum Gasteiger partial charge on any atom is 0.328 e. The smallest absolute Gasteiger partial charge is 0.328 e. The van der Waals surface area contributed by atoms with Gasteiger partial charge in [-0.1, -0.05) is 103 Å². The maximum atomic E-state index is 13.0. The molecule has 0 aliphatic carbocycles. The van der Waals surface area contributed by atoms with Gasteiger partial charge >= 0.3 is 6.03 Å². The summed E-state index contributed by atoms with van der Waals surface area (Å²) >= 11 is 0. The van der Waals surface area contributed by atoms with Gasteiger partial charge in [0.15, 0.2) is 0 Å². The van der Waals surface area contributed by atoms with Gasteiger partial charge in [0.25, 0.3) is 0 Å². The molecule has 0 spiro atoms. The highest BCUT2D eigenvalue weighted by molar-refractivity contribution is 7.87. The lowest BCUT2D eigenvalue weighted by Gasteiger charge is -2.26. The molecular formula is C27H23N4OP. The second-order valence-electron chi connectivity index (χ2n) is 7.53. The molecule has 5 aromatic rings. The van der Waals surface area contributed by atoms with Crippen LogP contribution < -0.4 is 21.2 Å². The number of benzene rings is 4. The second-order valence-corrected chi connectivity index (χ2v) is 10.6. The van der Waals surface area contributed by atoms with E-state index in [0.29, 0.717) is 5.95 Å². The van der Waals surface area contributed by atoms with Gasteiger partial charge in [-0.05, 0) is 12.1 Å². The number of imidazole rings is 1. The number of carbonyl (C=O) groups is 1. The summed E-state index contributed by atoms with van der Waals surface area (Å²) in [6, 6.07) is 38.3. The van der Waals surface area contributed by atoms with Gasteiger partial charge < -0.3 is 5.32 Å². The highest BCUT2D eigenvalue weighted by atomic mass is 31.2. The predicted molar refractivity (Wildman–Crippen MR) is 137 cm³/mol. The Morgan fingerprint density at radius 3 is 1.67 bits per heavy atom. The highest BCUT2D eigenvalue weighted by Crippen LogP contribution is 2.49. The van der Waals surface area contributed by atoms with Gasteiger partial charge in [0.05, 0.1) is 18.1 Å². The zero-order valence-corrected chi connectivity index (χ0v) is 19.1. The first-order valence-electron chi connectivity index (χ1n) is 10.7. The molecule has 5 nitrogen and oxygen atoms in total. The molecular weight excluding hydrogens is 427 g/mol. The standard InChI is InChI=1S/C27H23N4OP/c1-28-27(32)31-25-20-12-11-19-24(25)29-26(31)30-33(21-13-5-2-6-14-21,22-15-7-3-8-16-22)23-17-9-4-10-18-23/h2-20H,1H3,(H,28,32). The van der Waals surface area contributed by atoms with Crippen molar-refractivity contribution in [1.29, 1.82) is 0 Å². The highest BCUT2D eigenvalue weighted by Gasteiger charge is 2.29. The van der Waals surface area contributed by atoms with E-state index in [1.54, 1.807) is 11.6 Å². The number of aromatic nitrogens is 2. The summed E-state index contributed by atoms with van der Waals surface area (Å²) in [5.74, 6) is 0.389. The Balaban J connectivity index is 1.96. The van der Waals surface area contributed by atoms with Gasteiger partial charge in [-0.2, -0.15) is 0 Å². The van der Waals surface area contributed by atoms with Crippen molar-refractivity contribution in [2.24, 2.45) is 4.74 Å². The molecule has 6 heteroatoms. The van der Waals surface area contributed by atoms with Crippen LogP contribution in [-0.2, 0) is 0 Å². The Kier molecular flexibility index (Phi) is 5.64. The first-order valence-corrected chi connectivity index (χ1v) is 12.5. The van der Waals surface area contributed by atoms with Crippen LogP contribution in [0.4, 0.5) is 10.7 Å². The van der Waals surface area contributed by atoms with E-state index < -0.39 is 7.05 Å². The van der Waals surface area contributed by atoms with Gasteiger partial charge in [-0.15, -0.1) is 0 Å². The van der Waals surface area contributed by atoms with Crippen molar-refractivity contribution in [1.82, 2.24) is 14.9 Å². The molecule has 0 radical (unpaired) electrons. The van der Waals surface area contributed by atoms with E-state index in [9.17, 15) is 4.79 Å². The fraction of sp³-hybridized carbons (Fsp3) is 0.0370. The van der Waals surface area contributed by atoms with Crippen LogP contribution >= 0.6 is 7.05 Å². The lowest BCUT2D eigenvalue weighted by Crippen LogP contribution is -2.26. The largest absolute Gasteiger partial charge is 0.340 e. The summed E-state index contributed by atoms with van der Waals surface area (Å²) in [7, 11) is -0.926. The molecule has 1 heterocycles. The second kappa shape index (κ2) is 8.89. The first-order chi connectivity index (χ1) is 16.2. The lowest BCUT2D eigenvalue weighted by atomic mass is 10.3. The van der Waals surface area contributed by atoms with E-state index >= 15 is 0 Å². The quantitative estimate of drug-likeness (QED) is 0.390. The van der Waals surface area contributed by atoms with Crippen molar-refractivity contribution in [2.75, 3.05) is 7.05 Å². The van der Waals surface area contributed by atoms with Crippen LogP contribution in [0.2, 0.25) is 0 Å². The Morgan fingerprint density at radius 2 is 1.18 bits per heavy atom. The van der Waals surface area contributed by atoms with E-state index in [2.05, 4.69) is 41.7 Å². The van der Waals surface area contributed by atoms with Crippen LogP contribution in [0, 0.1) is 0 Å². The molecule has 1 aromatic heterocycles. The summed E-state index contributed by atoms with van der Waals surface area (Å²) in [5.41, 5.74) is 1.45. The van der Waals surface area contributed by atoms with Crippen LogP contribution in [0.1, 0.15) is 0 Å². The SMILES string of the molecule is CNC(=O)n1c(N=P(c2ccccc2)(c2ccccc2)c2ccccc2)nc2ccccc21. The molecule has 33 heavy (non-hydrogen) atoms. The molecule has 0 aliphatic rings. The molecule has 5 rings (SSSR count). The number of amides is 1. The first kappa shape index (κ1) is 20.9. The molecule has 0 bridgehead atoms. The van der Waals surface area contributed by atoms with Crippen molar-refractivity contribution < 1.29 is 4.79 Å². The van der Waals surface area contributed by atoms with Crippen molar-refractivity contribution in [3.05, 3.63) is 115 Å². The maximum absolute atomic E-state index is 13.0. The fourth-order valence-corrected chi connectivity index (χ4v) is 7.53. The van der Waals surface area contributed by atoms with Crippen molar-refractivity contribution in [2.45, 2.75) is 0 Å². The molecule has 0 atom stereocenters. The van der Waals surface area contributed by atoms with Gasteiger partial charge in [0.2, 0.25) is 5.95 Å². The third-order valence-corrected chi connectivity index (χ3v) is 9.20. The average molecular weight is 450 g/mol. The van der Waals surface area contributed by atoms with E-state index in [-0.39, 0.29) is 6.03 Å². The molecule has 0 aliphatic heterocycles. The summed E-state index contributed by atoms with van der Waals surface area (Å²) in [6.07, 6.45) is 0. The van der Waals surface area contributed by atoms with Gasteiger partial charge in [-0.25, -0.2) is 19.1 Å². The van der Waals surface area contributed by atoms with Crippen LogP contribution in [0.25, 0.3) is 11.0 Å². The Morgan fingerprint density at radius 1 is 0.727 bits per heavy atom. The average Bonchev–Trinajstić information content (AvgIpc) is 3.26. The number of hydrogen-bond acceptors (Lipinski definition) is 3. The molecule has 0 fully saturated rings. The fourth-order valence-electron chi connectivity index (χ4n) is 4.08. The summed E-state index contributed by atoms with van der Waals surface area (Å²) in [4.78, 5) is 17.8. The van der Waals surface area contributed by atoms with Gasteiger partial charge in [0, 0.05) is 23.0 Å². The number of nitrogens with zero attached hydrogens (tertiary/aromatic N) is 3. The minimum atomic E-state index is -2.55.